The van der Waals surface area contributed by atoms with Crippen molar-refractivity contribution in [2.45, 2.75) is 18.6 Å². The minimum Gasteiger partial charge on any atom is -0.308 e. The average molecular weight is 350 g/mol. The van der Waals surface area contributed by atoms with Crippen LogP contribution in [0.5, 0.6) is 0 Å². The summed E-state index contributed by atoms with van der Waals surface area (Å²) >= 11 is 10.4. The Kier molecular flexibility index (Phi) is 4.29. The van der Waals surface area contributed by atoms with Gasteiger partial charge in [0.2, 0.25) is 5.91 Å². The first-order valence-corrected chi connectivity index (χ1v) is 7.32. The number of halogens is 2. The van der Waals surface area contributed by atoms with Crippen LogP contribution in [0.4, 0.5) is 5.69 Å². The summed E-state index contributed by atoms with van der Waals surface area (Å²) in [5.74, 6) is -0.0280. The molecule has 0 saturated carbocycles. The molecule has 0 N–H and O–H groups in total. The molecule has 0 aromatic carbocycles. The van der Waals surface area contributed by atoms with Crippen LogP contribution in [0.25, 0.3) is 0 Å². The van der Waals surface area contributed by atoms with E-state index < -0.39 is 0 Å². The summed E-state index contributed by atoms with van der Waals surface area (Å²) in [4.78, 5) is 28.6. The lowest BCUT2D eigenvalue weighted by atomic mass is 10.4. The second-order valence-electron chi connectivity index (χ2n) is 3.88. The molecule has 0 aliphatic carbocycles. The second-order valence-corrected chi connectivity index (χ2v) is 6.53. The van der Waals surface area contributed by atoms with Crippen LogP contribution in [0.1, 0.15) is 13.3 Å². The molecule has 0 bridgehead atoms. The number of thioether (sulfide) groups is 1. The van der Waals surface area contributed by atoms with Crippen LogP contribution < -0.4 is 4.90 Å². The van der Waals surface area contributed by atoms with Crippen molar-refractivity contribution in [3.8, 4) is 0 Å². The summed E-state index contributed by atoms with van der Waals surface area (Å²) in [5.41, 5.74) is 0.594. The number of amides is 1. The van der Waals surface area contributed by atoms with Crippen molar-refractivity contribution in [3.05, 3.63) is 21.9 Å². The molecule has 1 aromatic rings. The standard InChI is InChI=1S/C11H10BrClN2O2S/c1-6(16)18-7-4-10(17)15(5-7)8-2-3-9(12)14-11(8)13/h2-3,7H,4-5H2,1H3. The van der Waals surface area contributed by atoms with E-state index in [1.807, 2.05) is 0 Å². The van der Waals surface area contributed by atoms with E-state index in [0.29, 0.717) is 23.3 Å². The van der Waals surface area contributed by atoms with E-state index in [1.54, 1.807) is 17.0 Å². The number of hydrogen-bond donors (Lipinski definition) is 0. The van der Waals surface area contributed by atoms with Crippen LogP contribution in [-0.4, -0.2) is 27.8 Å². The van der Waals surface area contributed by atoms with Crippen molar-refractivity contribution in [2.24, 2.45) is 0 Å². The molecule has 2 rings (SSSR count). The fourth-order valence-electron chi connectivity index (χ4n) is 1.83. The zero-order valence-electron chi connectivity index (χ0n) is 9.52. The molecule has 96 valence electrons. The number of carbonyl (C=O) groups is 2. The van der Waals surface area contributed by atoms with Gasteiger partial charge >= 0.3 is 0 Å². The Balaban J connectivity index is 2.19. The number of anilines is 1. The quantitative estimate of drug-likeness (QED) is 0.770. The number of pyridine rings is 1. The van der Waals surface area contributed by atoms with Gasteiger partial charge in [0.15, 0.2) is 10.3 Å². The molecule has 4 nitrogen and oxygen atoms in total. The summed E-state index contributed by atoms with van der Waals surface area (Å²) < 4.78 is 0.623. The fraction of sp³-hybridized carbons (Fsp3) is 0.364. The highest BCUT2D eigenvalue weighted by Crippen LogP contribution is 2.32. The van der Waals surface area contributed by atoms with Crippen LogP contribution in [0.15, 0.2) is 16.7 Å². The van der Waals surface area contributed by atoms with Crippen molar-refractivity contribution in [1.29, 1.82) is 0 Å². The van der Waals surface area contributed by atoms with Gasteiger partial charge in [-0.05, 0) is 28.1 Å². The Morgan fingerprint density at radius 2 is 2.33 bits per heavy atom. The average Bonchev–Trinajstić information content (AvgIpc) is 2.58. The summed E-state index contributed by atoms with van der Waals surface area (Å²) in [6.45, 7) is 2.00. The van der Waals surface area contributed by atoms with E-state index in [1.165, 1.54) is 18.7 Å². The summed E-state index contributed by atoms with van der Waals surface area (Å²) in [6, 6.07) is 3.48. The molecule has 1 aliphatic rings. The lowest BCUT2D eigenvalue weighted by Gasteiger charge is -2.17. The SMILES string of the molecule is CC(=O)SC1CC(=O)N(c2ccc(Br)nc2Cl)C1. The zero-order chi connectivity index (χ0) is 13.3. The molecule has 1 unspecified atom stereocenters. The van der Waals surface area contributed by atoms with Crippen molar-refractivity contribution < 1.29 is 9.59 Å². The zero-order valence-corrected chi connectivity index (χ0v) is 12.7. The highest BCUT2D eigenvalue weighted by atomic mass is 79.9. The molecule has 1 amide bonds. The number of carbonyl (C=O) groups excluding carboxylic acids is 2. The first kappa shape index (κ1) is 13.8. The fourth-order valence-corrected chi connectivity index (χ4v) is 3.41. The van der Waals surface area contributed by atoms with Crippen molar-refractivity contribution >= 4 is 56.0 Å². The van der Waals surface area contributed by atoms with Crippen LogP contribution in [0, 0.1) is 0 Å². The van der Waals surface area contributed by atoms with E-state index in [-0.39, 0.29) is 21.4 Å². The molecule has 2 heterocycles. The van der Waals surface area contributed by atoms with E-state index in [9.17, 15) is 9.59 Å². The molecule has 18 heavy (non-hydrogen) atoms. The molecule has 1 atom stereocenters. The largest absolute Gasteiger partial charge is 0.308 e. The maximum Gasteiger partial charge on any atom is 0.228 e. The van der Waals surface area contributed by atoms with E-state index in [0.717, 1.165) is 0 Å². The molecule has 0 radical (unpaired) electrons. The lowest BCUT2D eigenvalue weighted by Crippen LogP contribution is -2.25. The third-order valence-electron chi connectivity index (χ3n) is 2.51. The Bertz CT molecular complexity index is 512. The monoisotopic (exact) mass is 348 g/mol. The van der Waals surface area contributed by atoms with Gasteiger partial charge in [0.1, 0.15) is 4.60 Å². The van der Waals surface area contributed by atoms with Gasteiger partial charge < -0.3 is 4.90 Å². The normalized spacial score (nSPS) is 19.4. The summed E-state index contributed by atoms with van der Waals surface area (Å²) in [7, 11) is 0. The Morgan fingerprint density at radius 3 is 2.94 bits per heavy atom. The smallest absolute Gasteiger partial charge is 0.228 e. The van der Waals surface area contributed by atoms with Crippen molar-refractivity contribution in [2.75, 3.05) is 11.4 Å². The van der Waals surface area contributed by atoms with Gasteiger partial charge in [0.25, 0.3) is 0 Å². The first-order valence-electron chi connectivity index (χ1n) is 5.27. The third kappa shape index (κ3) is 3.05. The first-order chi connectivity index (χ1) is 8.47. The van der Waals surface area contributed by atoms with Crippen LogP contribution in [0.3, 0.4) is 0 Å². The number of rotatable bonds is 2. The third-order valence-corrected chi connectivity index (χ3v) is 4.21. The molecule has 1 aliphatic heterocycles. The molecular formula is C11H10BrClN2O2S. The topological polar surface area (TPSA) is 50.3 Å². The molecule has 1 saturated heterocycles. The van der Waals surface area contributed by atoms with Gasteiger partial charge in [-0.1, -0.05) is 23.4 Å². The van der Waals surface area contributed by atoms with Crippen LogP contribution in [-0.2, 0) is 9.59 Å². The predicted molar refractivity (Wildman–Crippen MR) is 76.0 cm³/mol. The maximum absolute atomic E-state index is 11.9. The Hall–Kier alpha value is -0.590. The second kappa shape index (κ2) is 5.59. The lowest BCUT2D eigenvalue weighted by molar-refractivity contribution is -0.117. The van der Waals surface area contributed by atoms with E-state index in [2.05, 4.69) is 20.9 Å². The maximum atomic E-state index is 11.9. The van der Waals surface area contributed by atoms with Gasteiger partial charge in [-0.15, -0.1) is 0 Å². The number of hydrogen-bond acceptors (Lipinski definition) is 4. The van der Waals surface area contributed by atoms with Gasteiger partial charge in [-0.25, -0.2) is 4.98 Å². The van der Waals surface area contributed by atoms with Gasteiger partial charge in [0.05, 0.1) is 5.69 Å². The Labute approximate surface area is 122 Å². The minimum atomic E-state index is -0.0280. The van der Waals surface area contributed by atoms with Crippen molar-refractivity contribution in [3.63, 3.8) is 0 Å². The number of nitrogens with zero attached hydrogens (tertiary/aromatic N) is 2. The van der Waals surface area contributed by atoms with E-state index in [4.69, 9.17) is 11.6 Å². The van der Waals surface area contributed by atoms with Gasteiger partial charge in [-0.2, -0.15) is 0 Å². The van der Waals surface area contributed by atoms with Gasteiger partial charge in [-0.3, -0.25) is 9.59 Å². The van der Waals surface area contributed by atoms with E-state index >= 15 is 0 Å². The van der Waals surface area contributed by atoms with Gasteiger partial charge in [0, 0.05) is 25.1 Å². The Morgan fingerprint density at radius 1 is 1.61 bits per heavy atom. The minimum absolute atomic E-state index is 0.00489. The number of aromatic nitrogens is 1. The molecule has 1 aromatic heterocycles. The highest BCUT2D eigenvalue weighted by molar-refractivity contribution is 9.10. The predicted octanol–water partition coefficient (Wildman–Crippen LogP) is 2.88. The molecule has 1 fully saturated rings. The van der Waals surface area contributed by atoms with Crippen LogP contribution in [0.2, 0.25) is 5.15 Å². The van der Waals surface area contributed by atoms with Crippen LogP contribution >= 0.6 is 39.3 Å². The molecule has 0 spiro atoms. The summed E-state index contributed by atoms with van der Waals surface area (Å²) in [6.07, 6.45) is 0.358. The molecular weight excluding hydrogens is 340 g/mol. The highest BCUT2D eigenvalue weighted by Gasteiger charge is 2.33. The summed E-state index contributed by atoms with van der Waals surface area (Å²) in [5, 5.41) is 0.301. The van der Waals surface area contributed by atoms with Crippen molar-refractivity contribution in [1.82, 2.24) is 4.98 Å². The molecule has 7 heteroatoms.